The fraction of sp³-hybridized carbons (Fsp3) is 0. The zero-order chi connectivity index (χ0) is 16.4. The summed E-state index contributed by atoms with van der Waals surface area (Å²) in [7, 11) is -3.85. The molecule has 7 nitrogen and oxygen atoms in total. The van der Waals surface area contributed by atoms with Crippen LogP contribution in [0, 0.1) is 0 Å². The van der Waals surface area contributed by atoms with Gasteiger partial charge in [0.25, 0.3) is 15.9 Å². The molecule has 0 aromatic carbocycles. The molecule has 0 saturated heterocycles. The lowest BCUT2D eigenvalue weighted by molar-refractivity contribution is 0.0996. The molecule has 0 aliphatic carbocycles. The minimum absolute atomic E-state index is 0.125. The van der Waals surface area contributed by atoms with Crippen LogP contribution in [-0.2, 0) is 10.0 Å². The maximum atomic E-state index is 12.4. The van der Waals surface area contributed by atoms with E-state index in [0.717, 1.165) is 3.97 Å². The summed E-state index contributed by atoms with van der Waals surface area (Å²) >= 11 is 5.70. The standard InChI is InChI=1S/C14H10ClN3O4S/c15-10-3-4-13(16-8-10)23(20,21)18-6-5-11(9-18)17-14(19)12-2-1-7-22-12/h1-9H,(H,17,19). The van der Waals surface area contributed by atoms with Crippen LogP contribution in [-0.4, -0.2) is 23.3 Å². The first-order valence-corrected chi connectivity index (χ1v) is 8.18. The van der Waals surface area contributed by atoms with Crippen LogP contribution in [0.5, 0.6) is 0 Å². The third-order valence-electron chi connectivity index (χ3n) is 2.91. The van der Waals surface area contributed by atoms with Gasteiger partial charge in [-0.2, -0.15) is 8.42 Å². The van der Waals surface area contributed by atoms with E-state index in [1.165, 1.54) is 49.1 Å². The fourth-order valence-corrected chi connectivity index (χ4v) is 3.05. The first-order valence-electron chi connectivity index (χ1n) is 6.37. The third kappa shape index (κ3) is 3.13. The number of furan rings is 1. The Kier molecular flexibility index (Phi) is 3.93. The molecule has 0 fully saturated rings. The number of anilines is 1. The molecule has 23 heavy (non-hydrogen) atoms. The van der Waals surface area contributed by atoms with Crippen molar-refractivity contribution in [2.24, 2.45) is 0 Å². The van der Waals surface area contributed by atoms with Crippen molar-refractivity contribution in [3.05, 3.63) is 66.0 Å². The maximum Gasteiger partial charge on any atom is 0.291 e. The number of nitrogens with one attached hydrogen (secondary N) is 1. The van der Waals surface area contributed by atoms with Crippen LogP contribution in [0.4, 0.5) is 5.69 Å². The highest BCUT2D eigenvalue weighted by Crippen LogP contribution is 2.18. The third-order valence-corrected chi connectivity index (χ3v) is 4.69. The molecular weight excluding hydrogens is 342 g/mol. The molecule has 0 aliphatic heterocycles. The van der Waals surface area contributed by atoms with Gasteiger partial charge in [-0.05, 0) is 30.3 Å². The van der Waals surface area contributed by atoms with E-state index in [0.29, 0.717) is 10.7 Å². The van der Waals surface area contributed by atoms with E-state index in [9.17, 15) is 13.2 Å². The van der Waals surface area contributed by atoms with Gasteiger partial charge in [0.1, 0.15) is 0 Å². The molecule has 3 heterocycles. The molecule has 0 bridgehead atoms. The lowest BCUT2D eigenvalue weighted by Gasteiger charge is -2.04. The SMILES string of the molecule is O=C(Nc1ccn(S(=O)(=O)c2ccc(Cl)cn2)c1)c1ccco1. The molecule has 0 spiro atoms. The van der Waals surface area contributed by atoms with Crippen molar-refractivity contribution in [3.63, 3.8) is 0 Å². The van der Waals surface area contributed by atoms with E-state index < -0.39 is 15.9 Å². The van der Waals surface area contributed by atoms with E-state index in [1.807, 2.05) is 0 Å². The van der Waals surface area contributed by atoms with E-state index in [2.05, 4.69) is 10.3 Å². The Morgan fingerprint density at radius 1 is 1.26 bits per heavy atom. The predicted molar refractivity (Wildman–Crippen MR) is 82.9 cm³/mol. The van der Waals surface area contributed by atoms with Gasteiger partial charge in [-0.25, -0.2) is 8.96 Å². The van der Waals surface area contributed by atoms with Crippen LogP contribution in [0.1, 0.15) is 10.6 Å². The molecule has 118 valence electrons. The van der Waals surface area contributed by atoms with Crippen LogP contribution in [0.25, 0.3) is 0 Å². The van der Waals surface area contributed by atoms with Crippen LogP contribution < -0.4 is 5.32 Å². The summed E-state index contributed by atoms with van der Waals surface area (Å²) in [5, 5.41) is 2.72. The van der Waals surface area contributed by atoms with E-state index >= 15 is 0 Å². The van der Waals surface area contributed by atoms with Crippen molar-refractivity contribution >= 4 is 33.2 Å². The van der Waals surface area contributed by atoms with Gasteiger partial charge in [-0.3, -0.25) is 4.79 Å². The number of rotatable bonds is 4. The number of halogens is 1. The van der Waals surface area contributed by atoms with Crippen molar-refractivity contribution in [1.29, 1.82) is 0 Å². The van der Waals surface area contributed by atoms with Crippen molar-refractivity contribution in [2.45, 2.75) is 5.03 Å². The van der Waals surface area contributed by atoms with E-state index in [1.54, 1.807) is 6.07 Å². The first-order chi connectivity index (χ1) is 11.0. The summed E-state index contributed by atoms with van der Waals surface area (Å²) in [6.07, 6.45) is 5.20. The van der Waals surface area contributed by atoms with Crippen LogP contribution in [0.3, 0.4) is 0 Å². The summed E-state index contributed by atoms with van der Waals surface area (Å²) in [6.45, 7) is 0. The van der Waals surface area contributed by atoms with Gasteiger partial charge in [0.15, 0.2) is 10.8 Å². The maximum absolute atomic E-state index is 12.4. The second-order valence-electron chi connectivity index (χ2n) is 4.48. The zero-order valence-corrected chi connectivity index (χ0v) is 13.1. The minimum Gasteiger partial charge on any atom is -0.459 e. The highest BCUT2D eigenvalue weighted by atomic mass is 35.5. The van der Waals surface area contributed by atoms with Crippen LogP contribution in [0.2, 0.25) is 5.02 Å². The van der Waals surface area contributed by atoms with E-state index in [4.69, 9.17) is 16.0 Å². The molecule has 1 amide bonds. The Bertz CT molecular complexity index is 931. The number of amides is 1. The average Bonchev–Trinajstić information content (AvgIpc) is 3.19. The Hall–Kier alpha value is -2.58. The average molecular weight is 352 g/mol. The van der Waals surface area contributed by atoms with E-state index in [-0.39, 0.29) is 10.8 Å². The number of hydrogen-bond donors (Lipinski definition) is 1. The zero-order valence-electron chi connectivity index (χ0n) is 11.5. The lowest BCUT2D eigenvalue weighted by Crippen LogP contribution is -2.13. The van der Waals surface area contributed by atoms with Gasteiger partial charge in [-0.15, -0.1) is 0 Å². The summed E-state index contributed by atoms with van der Waals surface area (Å²) in [6, 6.07) is 7.27. The molecule has 0 unspecified atom stereocenters. The van der Waals surface area contributed by atoms with Crippen molar-refractivity contribution in [1.82, 2.24) is 8.96 Å². The summed E-state index contributed by atoms with van der Waals surface area (Å²) < 4.78 is 30.7. The Balaban J connectivity index is 1.84. The molecule has 0 radical (unpaired) electrons. The number of pyridine rings is 1. The van der Waals surface area contributed by atoms with Crippen molar-refractivity contribution in [2.75, 3.05) is 5.32 Å². The summed E-state index contributed by atoms with van der Waals surface area (Å²) in [4.78, 5) is 15.6. The smallest absolute Gasteiger partial charge is 0.291 e. The molecule has 0 aliphatic rings. The molecular formula is C14H10ClN3O4S. The monoisotopic (exact) mass is 351 g/mol. The quantitative estimate of drug-likeness (QED) is 0.779. The number of carbonyl (C=O) groups is 1. The molecule has 0 atom stereocenters. The van der Waals surface area contributed by atoms with Gasteiger partial charge >= 0.3 is 0 Å². The van der Waals surface area contributed by atoms with Gasteiger partial charge < -0.3 is 9.73 Å². The van der Waals surface area contributed by atoms with Gasteiger partial charge in [-0.1, -0.05) is 11.6 Å². The summed E-state index contributed by atoms with van der Waals surface area (Å²) in [5.74, 6) is -0.352. The van der Waals surface area contributed by atoms with Crippen molar-refractivity contribution < 1.29 is 17.6 Å². The number of nitrogens with zero attached hydrogens (tertiary/aromatic N) is 2. The van der Waals surface area contributed by atoms with Crippen molar-refractivity contribution in [3.8, 4) is 0 Å². The number of carbonyl (C=O) groups excluding carboxylic acids is 1. The van der Waals surface area contributed by atoms with Gasteiger partial charge in [0.2, 0.25) is 0 Å². The summed E-state index contributed by atoms with van der Waals surface area (Å²) in [5.41, 5.74) is 0.309. The second kappa shape index (κ2) is 5.90. The normalized spacial score (nSPS) is 11.3. The lowest BCUT2D eigenvalue weighted by atomic mass is 10.4. The topological polar surface area (TPSA) is 94.2 Å². The Morgan fingerprint density at radius 3 is 2.74 bits per heavy atom. The predicted octanol–water partition coefficient (Wildman–Crippen LogP) is 2.62. The molecule has 3 aromatic rings. The number of hydrogen-bond acceptors (Lipinski definition) is 5. The first kappa shape index (κ1) is 15.3. The Labute approximate surface area is 136 Å². The highest BCUT2D eigenvalue weighted by molar-refractivity contribution is 7.89. The fourth-order valence-electron chi connectivity index (χ4n) is 1.82. The second-order valence-corrected chi connectivity index (χ2v) is 6.71. The molecule has 9 heteroatoms. The largest absolute Gasteiger partial charge is 0.459 e. The van der Waals surface area contributed by atoms with Gasteiger partial charge in [0, 0.05) is 18.6 Å². The minimum atomic E-state index is -3.85. The molecule has 3 aromatic heterocycles. The van der Waals surface area contributed by atoms with Gasteiger partial charge in [0.05, 0.1) is 17.0 Å². The molecule has 3 rings (SSSR count). The van der Waals surface area contributed by atoms with Crippen LogP contribution >= 0.6 is 11.6 Å². The highest BCUT2D eigenvalue weighted by Gasteiger charge is 2.19. The number of aromatic nitrogens is 2. The Morgan fingerprint density at radius 2 is 2.09 bits per heavy atom. The molecule has 1 N–H and O–H groups in total. The van der Waals surface area contributed by atoms with Crippen LogP contribution in [0.15, 0.2) is 64.6 Å². The molecule has 0 saturated carbocycles.